The van der Waals surface area contributed by atoms with Crippen molar-refractivity contribution in [3.05, 3.63) is 69.9 Å². The average molecular weight is 461 g/mol. The van der Waals surface area contributed by atoms with Gasteiger partial charge < -0.3 is 14.5 Å². The van der Waals surface area contributed by atoms with E-state index in [0.29, 0.717) is 6.61 Å². The molecule has 1 saturated heterocycles. The molecule has 1 aliphatic rings. The van der Waals surface area contributed by atoms with Crippen molar-refractivity contribution in [3.63, 3.8) is 0 Å². The lowest BCUT2D eigenvalue weighted by molar-refractivity contribution is -0.384. The summed E-state index contributed by atoms with van der Waals surface area (Å²) in [5.41, 5.74) is -1.17. The van der Waals surface area contributed by atoms with Gasteiger partial charge in [0.2, 0.25) is 5.89 Å². The Labute approximate surface area is 185 Å². The van der Waals surface area contributed by atoms with Gasteiger partial charge in [0.1, 0.15) is 0 Å². The molecule has 1 amide bonds. The first-order chi connectivity index (χ1) is 15.7. The van der Waals surface area contributed by atoms with E-state index in [2.05, 4.69) is 10.3 Å². The smallest absolute Gasteiger partial charge is 0.416 e. The van der Waals surface area contributed by atoms with Gasteiger partial charge in [0.25, 0.3) is 11.6 Å². The fourth-order valence-electron chi connectivity index (χ4n) is 3.50. The van der Waals surface area contributed by atoms with Crippen molar-refractivity contribution < 1.29 is 32.0 Å². The maximum atomic E-state index is 12.9. The van der Waals surface area contributed by atoms with Gasteiger partial charge in [-0.15, -0.1) is 0 Å². The first kappa shape index (κ1) is 22.5. The van der Waals surface area contributed by atoms with Crippen molar-refractivity contribution in [3.8, 4) is 22.8 Å². The van der Waals surface area contributed by atoms with Crippen LogP contribution >= 0.6 is 0 Å². The lowest BCUT2D eigenvalue weighted by atomic mass is 10.1. The van der Waals surface area contributed by atoms with Gasteiger partial charge >= 0.3 is 6.18 Å². The Balaban J connectivity index is 1.73. The van der Waals surface area contributed by atoms with Crippen molar-refractivity contribution in [2.75, 3.05) is 13.2 Å². The summed E-state index contributed by atoms with van der Waals surface area (Å²) >= 11 is 0. The van der Waals surface area contributed by atoms with Gasteiger partial charge in [-0.25, -0.2) is 4.98 Å². The number of carbonyl (C=O) groups is 1. The van der Waals surface area contributed by atoms with Crippen LogP contribution in [0.4, 0.5) is 18.9 Å². The topological polar surface area (TPSA) is 108 Å². The largest absolute Gasteiger partial charge is 0.435 e. The van der Waals surface area contributed by atoms with Crippen LogP contribution in [0.5, 0.6) is 0 Å². The van der Waals surface area contributed by atoms with E-state index in [1.807, 2.05) is 0 Å². The molecular weight excluding hydrogens is 443 g/mol. The number of ether oxygens (including phenoxy) is 1. The van der Waals surface area contributed by atoms with E-state index in [1.54, 1.807) is 0 Å². The minimum atomic E-state index is -4.52. The normalized spacial score (nSPS) is 16.0. The number of carbonyl (C=O) groups excluding carboxylic acids is 1. The molecule has 1 atom stereocenters. The molecule has 33 heavy (non-hydrogen) atoms. The zero-order chi connectivity index (χ0) is 23.6. The molecule has 1 aliphatic heterocycles. The molecule has 1 unspecified atom stereocenters. The van der Waals surface area contributed by atoms with Gasteiger partial charge in [-0.2, -0.15) is 13.2 Å². The Morgan fingerprint density at radius 1 is 1.18 bits per heavy atom. The molecule has 3 aromatic rings. The zero-order valence-electron chi connectivity index (χ0n) is 17.1. The maximum Gasteiger partial charge on any atom is 0.416 e. The molecule has 172 valence electrons. The predicted octanol–water partition coefficient (Wildman–Crippen LogP) is 4.84. The van der Waals surface area contributed by atoms with Crippen LogP contribution in [0.3, 0.4) is 0 Å². The Hall–Kier alpha value is -3.73. The van der Waals surface area contributed by atoms with Crippen molar-refractivity contribution >= 4 is 11.6 Å². The maximum absolute atomic E-state index is 12.9. The van der Waals surface area contributed by atoms with Gasteiger partial charge in [0, 0.05) is 24.8 Å². The lowest BCUT2D eigenvalue weighted by Crippen LogP contribution is -2.32. The number of nitrogens with zero attached hydrogens (tertiary/aromatic N) is 2. The molecule has 0 radical (unpaired) electrons. The minimum absolute atomic E-state index is 0.0235. The van der Waals surface area contributed by atoms with E-state index in [9.17, 15) is 28.1 Å². The fraction of sp³-hybridized carbons (Fsp3) is 0.273. The lowest BCUT2D eigenvalue weighted by Gasteiger charge is -2.10. The molecule has 0 bridgehead atoms. The molecule has 1 N–H and O–H groups in total. The van der Waals surface area contributed by atoms with E-state index in [4.69, 9.17) is 9.15 Å². The Morgan fingerprint density at radius 2 is 1.91 bits per heavy atom. The minimum Gasteiger partial charge on any atom is -0.435 e. The molecule has 0 spiro atoms. The molecule has 1 aromatic heterocycles. The third-order valence-corrected chi connectivity index (χ3v) is 5.16. The molecular formula is C22H18F3N3O5. The highest BCUT2D eigenvalue weighted by atomic mass is 19.4. The molecule has 0 saturated carbocycles. The van der Waals surface area contributed by atoms with Gasteiger partial charge in [0.15, 0.2) is 11.5 Å². The summed E-state index contributed by atoms with van der Waals surface area (Å²) in [5, 5.41) is 14.2. The number of nitro groups is 1. The van der Waals surface area contributed by atoms with Crippen molar-refractivity contribution in [1.82, 2.24) is 10.3 Å². The first-order valence-corrected chi connectivity index (χ1v) is 10.1. The van der Waals surface area contributed by atoms with Gasteiger partial charge in [0.05, 0.1) is 22.2 Å². The number of alkyl halides is 3. The molecule has 2 heterocycles. The summed E-state index contributed by atoms with van der Waals surface area (Å²) in [4.78, 5) is 28.0. The van der Waals surface area contributed by atoms with Crippen LogP contribution in [0.1, 0.15) is 28.9 Å². The second-order valence-corrected chi connectivity index (χ2v) is 7.39. The highest BCUT2D eigenvalue weighted by molar-refractivity contribution is 5.99. The summed E-state index contributed by atoms with van der Waals surface area (Å²) in [5.74, 6) is -0.929. The van der Waals surface area contributed by atoms with Crippen LogP contribution in [-0.4, -0.2) is 35.1 Å². The Kier molecular flexibility index (Phi) is 6.14. The second-order valence-electron chi connectivity index (χ2n) is 7.39. The van der Waals surface area contributed by atoms with Crippen LogP contribution in [0.25, 0.3) is 22.8 Å². The molecule has 11 heteroatoms. The highest BCUT2D eigenvalue weighted by Gasteiger charge is 2.31. The number of nitrogens with one attached hydrogen (secondary N) is 1. The first-order valence-electron chi connectivity index (χ1n) is 10.1. The monoisotopic (exact) mass is 461 g/mol. The standard InChI is InChI=1S/C22H18F3N3O5/c23-22(24,25)14-9-7-13(8-10-14)21-27-18(20(29)26-12-15-4-3-11-32-15)19(33-21)16-5-1-2-6-17(16)28(30)31/h1-2,5-10,15H,3-4,11-12H2,(H,26,29). The number of hydrogen-bond acceptors (Lipinski definition) is 6. The zero-order valence-corrected chi connectivity index (χ0v) is 17.1. The Morgan fingerprint density at radius 3 is 2.55 bits per heavy atom. The van der Waals surface area contributed by atoms with Crippen LogP contribution in [0.2, 0.25) is 0 Å². The predicted molar refractivity (Wildman–Crippen MR) is 110 cm³/mol. The van der Waals surface area contributed by atoms with Crippen LogP contribution in [0.15, 0.2) is 52.9 Å². The van der Waals surface area contributed by atoms with Crippen LogP contribution < -0.4 is 5.32 Å². The van der Waals surface area contributed by atoms with Crippen molar-refractivity contribution in [2.24, 2.45) is 0 Å². The number of para-hydroxylation sites is 1. The van der Waals surface area contributed by atoms with Crippen molar-refractivity contribution in [2.45, 2.75) is 25.1 Å². The molecule has 1 fully saturated rings. The van der Waals surface area contributed by atoms with Crippen LogP contribution in [0, 0.1) is 10.1 Å². The fourth-order valence-corrected chi connectivity index (χ4v) is 3.50. The third kappa shape index (κ3) is 4.87. The summed E-state index contributed by atoms with van der Waals surface area (Å²) in [6.45, 7) is 0.821. The highest BCUT2D eigenvalue weighted by Crippen LogP contribution is 2.36. The van der Waals surface area contributed by atoms with Crippen LogP contribution in [-0.2, 0) is 10.9 Å². The molecule has 4 rings (SSSR count). The van der Waals surface area contributed by atoms with Crippen molar-refractivity contribution in [1.29, 1.82) is 0 Å². The second kappa shape index (κ2) is 9.02. The summed E-state index contributed by atoms with van der Waals surface area (Å²) < 4.78 is 49.8. The van der Waals surface area contributed by atoms with Gasteiger partial charge in [-0.05, 0) is 43.2 Å². The Bertz CT molecular complexity index is 1170. The summed E-state index contributed by atoms with van der Waals surface area (Å²) in [6, 6.07) is 9.71. The van der Waals surface area contributed by atoms with E-state index in [-0.39, 0.29) is 46.8 Å². The van der Waals surface area contributed by atoms with E-state index >= 15 is 0 Å². The number of aromatic nitrogens is 1. The molecule has 2 aromatic carbocycles. The average Bonchev–Trinajstić information content (AvgIpc) is 3.47. The number of nitro benzene ring substituents is 1. The van der Waals surface area contributed by atoms with Gasteiger partial charge in [-0.3, -0.25) is 14.9 Å². The van der Waals surface area contributed by atoms with E-state index in [0.717, 1.165) is 37.1 Å². The van der Waals surface area contributed by atoms with E-state index in [1.165, 1.54) is 24.3 Å². The van der Waals surface area contributed by atoms with E-state index < -0.39 is 22.6 Å². The third-order valence-electron chi connectivity index (χ3n) is 5.16. The molecule has 0 aliphatic carbocycles. The quantitative estimate of drug-likeness (QED) is 0.416. The molecule has 8 nitrogen and oxygen atoms in total. The number of halogens is 3. The number of benzene rings is 2. The van der Waals surface area contributed by atoms with Gasteiger partial charge in [-0.1, -0.05) is 12.1 Å². The number of oxazole rings is 1. The number of rotatable bonds is 6. The number of amides is 1. The SMILES string of the molecule is O=C(NCC1CCCO1)c1nc(-c2ccc(C(F)(F)F)cc2)oc1-c1ccccc1[N+](=O)[O-]. The summed E-state index contributed by atoms with van der Waals surface area (Å²) in [6.07, 6.45) is -3.00. The number of hydrogen-bond donors (Lipinski definition) is 1. The summed E-state index contributed by atoms with van der Waals surface area (Å²) in [7, 11) is 0.